The molecule has 0 radical (unpaired) electrons. The van der Waals surface area contributed by atoms with E-state index in [1.165, 1.54) is 6.33 Å². The maximum Gasteiger partial charge on any atom is 0.410 e. The summed E-state index contributed by atoms with van der Waals surface area (Å²) >= 11 is 0. The Balaban J connectivity index is 1.46. The van der Waals surface area contributed by atoms with Crippen molar-refractivity contribution >= 4 is 23.5 Å². The van der Waals surface area contributed by atoms with Crippen molar-refractivity contribution in [1.82, 2.24) is 14.9 Å². The molecule has 1 aliphatic rings. The normalized spacial score (nSPS) is 15.4. The predicted molar refractivity (Wildman–Crippen MR) is 137 cm³/mol. The lowest BCUT2D eigenvalue weighted by molar-refractivity contribution is 0.0235. The van der Waals surface area contributed by atoms with E-state index in [1.807, 2.05) is 51.1 Å². The summed E-state index contributed by atoms with van der Waals surface area (Å²) in [6, 6.07) is 16.1. The molecule has 36 heavy (non-hydrogen) atoms. The fourth-order valence-electron chi connectivity index (χ4n) is 4.02. The van der Waals surface area contributed by atoms with E-state index in [0.29, 0.717) is 36.0 Å². The lowest BCUT2D eigenvalue weighted by Crippen LogP contribution is -2.42. The molecule has 0 saturated carbocycles. The van der Waals surface area contributed by atoms with Crippen LogP contribution in [0.4, 0.5) is 16.4 Å². The van der Waals surface area contributed by atoms with Gasteiger partial charge in [0.15, 0.2) is 5.78 Å². The van der Waals surface area contributed by atoms with Gasteiger partial charge in [-0.3, -0.25) is 4.79 Å². The number of anilines is 2. The number of likely N-dealkylation sites (tertiary alicyclic amines) is 1. The fraction of sp³-hybridized carbons (Fsp3) is 0.333. The Bertz CT molecular complexity index is 1210. The molecule has 2 heterocycles. The third-order valence-corrected chi connectivity index (χ3v) is 5.71. The Hall–Kier alpha value is -4.14. The van der Waals surface area contributed by atoms with Gasteiger partial charge in [-0.1, -0.05) is 18.2 Å². The molecule has 1 aromatic heterocycles. The molecule has 9 heteroatoms. The minimum Gasteiger partial charge on any atom is -0.457 e. The Labute approximate surface area is 210 Å². The highest BCUT2D eigenvalue weighted by Gasteiger charge is 2.32. The molecule has 9 nitrogen and oxygen atoms in total. The average molecular weight is 490 g/mol. The molecule has 3 aromatic rings. The topological polar surface area (TPSA) is 120 Å². The highest BCUT2D eigenvalue weighted by atomic mass is 16.6. The van der Waals surface area contributed by atoms with Gasteiger partial charge in [0.25, 0.3) is 0 Å². The number of nitrogen functional groups attached to an aromatic ring is 1. The molecule has 1 fully saturated rings. The first-order chi connectivity index (χ1) is 17.2. The molecule has 1 atom stereocenters. The quantitative estimate of drug-likeness (QED) is 0.450. The predicted octanol–water partition coefficient (Wildman–Crippen LogP) is 4.89. The van der Waals surface area contributed by atoms with Crippen LogP contribution in [-0.4, -0.2) is 51.5 Å². The zero-order valence-corrected chi connectivity index (χ0v) is 20.7. The first kappa shape index (κ1) is 25.0. The maximum absolute atomic E-state index is 13.4. The molecule has 1 amide bonds. The number of para-hydroxylation sites is 1. The van der Waals surface area contributed by atoms with E-state index in [0.717, 1.165) is 12.8 Å². The van der Waals surface area contributed by atoms with Crippen molar-refractivity contribution in [2.45, 2.75) is 45.3 Å². The summed E-state index contributed by atoms with van der Waals surface area (Å²) in [5.74, 6) is 1.41. The smallest absolute Gasteiger partial charge is 0.410 e. The highest BCUT2D eigenvalue weighted by molar-refractivity contribution is 6.14. The Morgan fingerprint density at radius 1 is 1.06 bits per heavy atom. The van der Waals surface area contributed by atoms with Crippen molar-refractivity contribution in [3.63, 3.8) is 0 Å². The number of carbonyl (C=O) groups excluding carboxylic acids is 2. The van der Waals surface area contributed by atoms with Gasteiger partial charge in [-0.15, -0.1) is 0 Å². The van der Waals surface area contributed by atoms with E-state index < -0.39 is 5.60 Å². The Kier molecular flexibility index (Phi) is 7.38. The number of nitrogens with two attached hydrogens (primary N) is 1. The second-order valence-electron chi connectivity index (χ2n) is 9.60. The lowest BCUT2D eigenvalue weighted by Gasteiger charge is -2.29. The molecule has 1 aliphatic heterocycles. The second-order valence-corrected chi connectivity index (χ2v) is 9.60. The van der Waals surface area contributed by atoms with Gasteiger partial charge in [-0.05, 0) is 70.0 Å². The number of amides is 1. The number of nitrogens with zero attached hydrogens (tertiary/aromatic N) is 3. The number of carbonyl (C=O) groups is 2. The summed E-state index contributed by atoms with van der Waals surface area (Å²) < 4.78 is 11.3. The van der Waals surface area contributed by atoms with Crippen molar-refractivity contribution in [2.24, 2.45) is 0 Å². The molecule has 188 valence electrons. The van der Waals surface area contributed by atoms with E-state index in [9.17, 15) is 9.59 Å². The van der Waals surface area contributed by atoms with Gasteiger partial charge >= 0.3 is 6.09 Å². The van der Waals surface area contributed by atoms with Crippen LogP contribution in [-0.2, 0) is 4.74 Å². The van der Waals surface area contributed by atoms with Gasteiger partial charge in [0.1, 0.15) is 40.6 Å². The summed E-state index contributed by atoms with van der Waals surface area (Å²) in [7, 11) is 0. The number of ketones is 1. The van der Waals surface area contributed by atoms with Gasteiger partial charge in [-0.2, -0.15) is 0 Å². The van der Waals surface area contributed by atoms with Crippen LogP contribution < -0.4 is 15.8 Å². The van der Waals surface area contributed by atoms with Crippen molar-refractivity contribution in [3.05, 3.63) is 72.1 Å². The number of benzene rings is 2. The van der Waals surface area contributed by atoms with Gasteiger partial charge in [0.2, 0.25) is 0 Å². The van der Waals surface area contributed by atoms with Crippen LogP contribution in [0.25, 0.3) is 0 Å². The maximum atomic E-state index is 13.4. The Morgan fingerprint density at radius 2 is 1.75 bits per heavy atom. The molecule has 1 saturated heterocycles. The summed E-state index contributed by atoms with van der Waals surface area (Å²) in [6.45, 7) is 6.55. The second kappa shape index (κ2) is 10.6. The molecular formula is C27H31N5O4. The van der Waals surface area contributed by atoms with E-state index in [-0.39, 0.29) is 29.3 Å². The summed E-state index contributed by atoms with van der Waals surface area (Å²) in [5, 5.41) is 3.21. The molecule has 0 bridgehead atoms. The zero-order chi connectivity index (χ0) is 25.7. The summed E-state index contributed by atoms with van der Waals surface area (Å²) in [4.78, 5) is 36.0. The van der Waals surface area contributed by atoms with Crippen molar-refractivity contribution in [2.75, 3.05) is 24.1 Å². The van der Waals surface area contributed by atoms with E-state index >= 15 is 0 Å². The highest BCUT2D eigenvalue weighted by Crippen LogP contribution is 2.26. The van der Waals surface area contributed by atoms with Crippen LogP contribution in [0.3, 0.4) is 0 Å². The average Bonchev–Trinajstić information content (AvgIpc) is 3.31. The molecule has 0 spiro atoms. The standard InChI is InChI=1S/C27H31N5O4/c1-27(2,3)36-26(34)32-15-7-8-19(32)16-29-25-22(24(28)30-17-31-25)23(33)18-11-13-21(14-12-18)35-20-9-5-4-6-10-20/h4-6,9-14,17,19H,7-8,15-16H2,1-3H3,(H3,28,29,30,31)/t19-/m0/s1. The summed E-state index contributed by atoms with van der Waals surface area (Å²) in [6.07, 6.45) is 2.66. The molecular weight excluding hydrogens is 458 g/mol. The first-order valence-corrected chi connectivity index (χ1v) is 11.9. The third-order valence-electron chi connectivity index (χ3n) is 5.71. The number of rotatable bonds is 7. The number of nitrogens with one attached hydrogen (secondary N) is 1. The van der Waals surface area contributed by atoms with Gasteiger partial charge in [-0.25, -0.2) is 14.8 Å². The van der Waals surface area contributed by atoms with E-state index in [2.05, 4.69) is 15.3 Å². The van der Waals surface area contributed by atoms with E-state index in [1.54, 1.807) is 29.2 Å². The van der Waals surface area contributed by atoms with Crippen molar-refractivity contribution in [3.8, 4) is 11.5 Å². The van der Waals surface area contributed by atoms with Crippen molar-refractivity contribution in [1.29, 1.82) is 0 Å². The van der Waals surface area contributed by atoms with E-state index in [4.69, 9.17) is 15.2 Å². The minimum atomic E-state index is -0.569. The number of hydrogen-bond donors (Lipinski definition) is 2. The fourth-order valence-corrected chi connectivity index (χ4v) is 4.02. The Morgan fingerprint density at radius 3 is 2.44 bits per heavy atom. The third kappa shape index (κ3) is 6.10. The van der Waals surface area contributed by atoms with Gasteiger partial charge in [0.05, 0.1) is 6.04 Å². The summed E-state index contributed by atoms with van der Waals surface area (Å²) in [5.41, 5.74) is 6.15. The van der Waals surface area contributed by atoms with Crippen LogP contribution in [0.2, 0.25) is 0 Å². The molecule has 0 unspecified atom stereocenters. The van der Waals surface area contributed by atoms with Crippen molar-refractivity contribution < 1.29 is 19.1 Å². The molecule has 0 aliphatic carbocycles. The SMILES string of the molecule is CC(C)(C)OC(=O)N1CCC[C@H]1CNc1ncnc(N)c1C(=O)c1ccc(Oc2ccccc2)cc1. The largest absolute Gasteiger partial charge is 0.457 e. The van der Waals surface area contributed by atoms with Crippen LogP contribution in [0.15, 0.2) is 60.9 Å². The monoisotopic (exact) mass is 489 g/mol. The van der Waals surface area contributed by atoms with Crippen LogP contribution in [0.1, 0.15) is 49.5 Å². The van der Waals surface area contributed by atoms with Crippen LogP contribution in [0, 0.1) is 0 Å². The number of aromatic nitrogens is 2. The van der Waals surface area contributed by atoms with Gasteiger partial charge < -0.3 is 25.4 Å². The molecule has 4 rings (SSSR count). The lowest BCUT2D eigenvalue weighted by atomic mass is 10.0. The number of ether oxygens (including phenoxy) is 2. The van der Waals surface area contributed by atoms with Crippen LogP contribution in [0.5, 0.6) is 11.5 Å². The van der Waals surface area contributed by atoms with Crippen LogP contribution >= 0.6 is 0 Å². The number of hydrogen-bond acceptors (Lipinski definition) is 8. The molecule has 2 aromatic carbocycles. The van der Waals surface area contributed by atoms with Gasteiger partial charge in [0, 0.05) is 18.7 Å². The first-order valence-electron chi connectivity index (χ1n) is 11.9. The molecule has 3 N–H and O–H groups in total. The minimum absolute atomic E-state index is 0.0810. The zero-order valence-electron chi connectivity index (χ0n) is 20.7.